The van der Waals surface area contributed by atoms with Gasteiger partial charge >= 0.3 is 6.18 Å². The molecule has 3 atom stereocenters. The van der Waals surface area contributed by atoms with Gasteiger partial charge in [-0.2, -0.15) is 18.4 Å². The number of nitriles is 1. The summed E-state index contributed by atoms with van der Waals surface area (Å²) in [6.07, 6.45) is 1.64. The van der Waals surface area contributed by atoms with Crippen LogP contribution in [0.1, 0.15) is 44.9 Å². The van der Waals surface area contributed by atoms with Gasteiger partial charge in [-0.1, -0.05) is 19.3 Å². The van der Waals surface area contributed by atoms with Crippen molar-refractivity contribution in [2.45, 2.75) is 57.2 Å². The Morgan fingerprint density at radius 3 is 2.42 bits per heavy atom. The lowest BCUT2D eigenvalue weighted by molar-refractivity contribution is -0.189. The van der Waals surface area contributed by atoms with E-state index in [1.165, 1.54) is 0 Å². The first-order valence-corrected chi connectivity index (χ1v) is 7.22. The van der Waals surface area contributed by atoms with E-state index >= 15 is 0 Å². The Morgan fingerprint density at radius 2 is 1.74 bits per heavy atom. The molecule has 2 rings (SSSR count). The van der Waals surface area contributed by atoms with Crippen molar-refractivity contribution < 1.29 is 13.2 Å². The lowest BCUT2D eigenvalue weighted by Crippen LogP contribution is -2.48. The number of halogens is 3. The average Bonchev–Trinajstić information content (AvgIpc) is 2.62. The summed E-state index contributed by atoms with van der Waals surface area (Å²) < 4.78 is 38.5. The second-order valence-corrected chi connectivity index (χ2v) is 5.82. The van der Waals surface area contributed by atoms with Crippen LogP contribution in [0.5, 0.6) is 0 Å². The maximum atomic E-state index is 12.8. The van der Waals surface area contributed by atoms with E-state index in [9.17, 15) is 18.4 Å². The Hall–Kier alpha value is -0.760. The maximum absolute atomic E-state index is 12.8. The zero-order valence-electron chi connectivity index (χ0n) is 11.1. The van der Waals surface area contributed by atoms with Crippen molar-refractivity contribution in [2.75, 3.05) is 13.1 Å². The minimum atomic E-state index is -4.09. The van der Waals surface area contributed by atoms with Crippen molar-refractivity contribution in [1.29, 1.82) is 5.26 Å². The molecule has 2 fully saturated rings. The zero-order valence-corrected chi connectivity index (χ0v) is 11.1. The van der Waals surface area contributed by atoms with Crippen LogP contribution in [0.4, 0.5) is 13.2 Å². The molecule has 0 bridgehead atoms. The first-order valence-electron chi connectivity index (χ1n) is 7.22. The van der Waals surface area contributed by atoms with Crippen LogP contribution < -0.4 is 0 Å². The normalized spacial score (nSPS) is 34.5. The summed E-state index contributed by atoms with van der Waals surface area (Å²) in [4.78, 5) is 1.95. The van der Waals surface area contributed by atoms with Gasteiger partial charge in [0.2, 0.25) is 0 Å². The molecule has 0 spiro atoms. The SMILES string of the molecule is N#CC1CCCCCC1N1CCCC(C(F)(F)F)C1. The number of hydrogen-bond acceptors (Lipinski definition) is 2. The van der Waals surface area contributed by atoms with E-state index in [1.807, 2.05) is 4.90 Å². The molecule has 5 heteroatoms. The summed E-state index contributed by atoms with van der Waals surface area (Å²) in [5.74, 6) is -1.29. The molecule has 0 radical (unpaired) electrons. The highest BCUT2D eigenvalue weighted by Crippen LogP contribution is 2.36. The first kappa shape index (κ1) is 14.6. The van der Waals surface area contributed by atoms with Crippen LogP contribution in [-0.4, -0.2) is 30.2 Å². The van der Waals surface area contributed by atoms with E-state index in [0.29, 0.717) is 6.42 Å². The van der Waals surface area contributed by atoms with Gasteiger partial charge in [0.15, 0.2) is 0 Å². The van der Waals surface area contributed by atoms with E-state index in [1.54, 1.807) is 0 Å². The van der Waals surface area contributed by atoms with Crippen molar-refractivity contribution in [3.05, 3.63) is 0 Å². The number of piperidine rings is 1. The summed E-state index contributed by atoms with van der Waals surface area (Å²) in [7, 11) is 0. The third-order valence-electron chi connectivity index (χ3n) is 4.53. The molecule has 1 saturated heterocycles. The van der Waals surface area contributed by atoms with Crippen LogP contribution in [0.2, 0.25) is 0 Å². The number of rotatable bonds is 1. The molecule has 3 unspecified atom stereocenters. The van der Waals surface area contributed by atoms with Gasteiger partial charge in [-0.25, -0.2) is 0 Å². The van der Waals surface area contributed by atoms with Crippen LogP contribution in [0, 0.1) is 23.2 Å². The van der Waals surface area contributed by atoms with E-state index in [0.717, 1.165) is 38.6 Å². The summed E-state index contributed by atoms with van der Waals surface area (Å²) >= 11 is 0. The van der Waals surface area contributed by atoms with Crippen LogP contribution in [-0.2, 0) is 0 Å². The topological polar surface area (TPSA) is 27.0 Å². The van der Waals surface area contributed by atoms with Gasteiger partial charge < -0.3 is 0 Å². The lowest BCUT2D eigenvalue weighted by atomic mass is 9.90. The van der Waals surface area contributed by atoms with Gasteiger partial charge in [-0.3, -0.25) is 4.90 Å². The van der Waals surface area contributed by atoms with Gasteiger partial charge in [0.25, 0.3) is 0 Å². The summed E-state index contributed by atoms with van der Waals surface area (Å²) in [6.45, 7) is 0.807. The molecule has 1 aliphatic heterocycles. The third kappa shape index (κ3) is 3.62. The standard InChI is InChI=1S/C14H21F3N2/c15-14(16,17)12-6-4-8-19(10-12)13-7-3-1-2-5-11(13)9-18/h11-13H,1-8,10H2. The minimum Gasteiger partial charge on any atom is -0.298 e. The molecule has 0 aromatic heterocycles. The summed E-state index contributed by atoms with van der Waals surface area (Å²) in [5.41, 5.74) is 0. The van der Waals surface area contributed by atoms with E-state index in [4.69, 9.17) is 0 Å². The van der Waals surface area contributed by atoms with Crippen LogP contribution >= 0.6 is 0 Å². The number of hydrogen-bond donors (Lipinski definition) is 0. The van der Waals surface area contributed by atoms with Gasteiger partial charge in [0, 0.05) is 12.6 Å². The van der Waals surface area contributed by atoms with Crippen LogP contribution in [0.15, 0.2) is 0 Å². The van der Waals surface area contributed by atoms with Gasteiger partial charge in [-0.05, 0) is 32.2 Å². The van der Waals surface area contributed by atoms with Gasteiger partial charge in [-0.15, -0.1) is 0 Å². The Labute approximate surface area is 112 Å². The largest absolute Gasteiger partial charge is 0.393 e. The molecule has 1 saturated carbocycles. The summed E-state index contributed by atoms with van der Waals surface area (Å²) in [6, 6.07) is 2.36. The fourth-order valence-corrected chi connectivity index (χ4v) is 3.45. The molecule has 0 amide bonds. The van der Waals surface area contributed by atoms with Crippen molar-refractivity contribution in [3.8, 4) is 6.07 Å². The molecule has 1 heterocycles. The van der Waals surface area contributed by atoms with Gasteiger partial charge in [0.1, 0.15) is 0 Å². The number of likely N-dealkylation sites (tertiary alicyclic amines) is 1. The monoisotopic (exact) mass is 274 g/mol. The quantitative estimate of drug-likeness (QED) is 0.681. The summed E-state index contributed by atoms with van der Waals surface area (Å²) in [5, 5.41) is 9.24. The average molecular weight is 274 g/mol. The van der Waals surface area contributed by atoms with E-state index in [2.05, 4.69) is 6.07 Å². The molecule has 0 aromatic carbocycles. The van der Waals surface area contributed by atoms with E-state index < -0.39 is 12.1 Å². The molecule has 0 aromatic rings. The highest BCUT2D eigenvalue weighted by molar-refractivity contribution is 4.96. The first-order chi connectivity index (χ1) is 9.02. The zero-order chi connectivity index (χ0) is 13.9. The highest BCUT2D eigenvalue weighted by Gasteiger charge is 2.43. The van der Waals surface area contributed by atoms with Gasteiger partial charge in [0.05, 0.1) is 17.9 Å². The molecular formula is C14H21F3N2. The predicted molar refractivity (Wildman–Crippen MR) is 66.3 cm³/mol. The van der Waals surface area contributed by atoms with Crippen molar-refractivity contribution in [2.24, 2.45) is 11.8 Å². The lowest BCUT2D eigenvalue weighted by Gasteiger charge is -2.40. The fourth-order valence-electron chi connectivity index (χ4n) is 3.45. The fraction of sp³-hybridized carbons (Fsp3) is 0.929. The Morgan fingerprint density at radius 1 is 1.00 bits per heavy atom. The molecule has 0 N–H and O–H groups in total. The van der Waals surface area contributed by atoms with Crippen molar-refractivity contribution in [1.82, 2.24) is 4.90 Å². The number of nitrogens with zero attached hydrogens (tertiary/aromatic N) is 2. The smallest absolute Gasteiger partial charge is 0.298 e. The van der Waals surface area contributed by atoms with Crippen molar-refractivity contribution in [3.63, 3.8) is 0 Å². The Balaban J connectivity index is 2.04. The molecule has 2 aliphatic rings. The molecule has 1 aliphatic carbocycles. The predicted octanol–water partition coefficient (Wildman–Crippen LogP) is 3.73. The Kier molecular flexibility index (Phi) is 4.72. The second kappa shape index (κ2) is 6.13. The van der Waals surface area contributed by atoms with Crippen LogP contribution in [0.3, 0.4) is 0 Å². The number of alkyl halides is 3. The molecular weight excluding hydrogens is 253 g/mol. The van der Waals surface area contributed by atoms with Crippen LogP contribution in [0.25, 0.3) is 0 Å². The third-order valence-corrected chi connectivity index (χ3v) is 4.53. The Bertz CT molecular complexity index is 335. The molecule has 108 valence electrons. The highest BCUT2D eigenvalue weighted by atomic mass is 19.4. The molecule has 19 heavy (non-hydrogen) atoms. The van der Waals surface area contributed by atoms with E-state index in [-0.39, 0.29) is 24.9 Å². The molecule has 2 nitrogen and oxygen atoms in total. The minimum absolute atomic E-state index is 0.0395. The van der Waals surface area contributed by atoms with Crippen molar-refractivity contribution >= 4 is 0 Å². The second-order valence-electron chi connectivity index (χ2n) is 5.82. The maximum Gasteiger partial charge on any atom is 0.393 e.